The lowest BCUT2D eigenvalue weighted by atomic mass is 10.2. The number of thioether (sulfide) groups is 1. The molecule has 1 rings (SSSR count). The molecule has 17 heavy (non-hydrogen) atoms. The molecule has 1 amide bonds. The molecule has 1 aromatic carbocycles. The average molecular weight is 275 g/mol. The molecule has 0 saturated carbocycles. The Morgan fingerprint density at radius 3 is 2.47 bits per heavy atom. The van der Waals surface area contributed by atoms with Crippen LogP contribution in [0.2, 0.25) is 0 Å². The zero-order valence-electron chi connectivity index (χ0n) is 10.1. The number of hydrogen-bond donors (Lipinski definition) is 2. The Morgan fingerprint density at radius 2 is 2.00 bits per heavy atom. The van der Waals surface area contributed by atoms with Gasteiger partial charge < -0.3 is 11.1 Å². The van der Waals surface area contributed by atoms with Crippen molar-refractivity contribution in [2.45, 2.75) is 24.3 Å². The quantitative estimate of drug-likeness (QED) is 0.810. The van der Waals surface area contributed by atoms with Crippen LogP contribution in [0.3, 0.4) is 0 Å². The lowest BCUT2D eigenvalue weighted by molar-refractivity contribution is 0.0952. The van der Waals surface area contributed by atoms with E-state index >= 15 is 0 Å². The van der Waals surface area contributed by atoms with Crippen molar-refractivity contribution in [1.29, 1.82) is 0 Å². The van der Waals surface area contributed by atoms with Gasteiger partial charge in [-0.2, -0.15) is 0 Å². The third kappa shape index (κ3) is 5.96. The molecule has 0 bridgehead atoms. The van der Waals surface area contributed by atoms with Crippen LogP contribution in [0.1, 0.15) is 23.7 Å². The van der Waals surface area contributed by atoms with E-state index in [1.54, 1.807) is 11.8 Å². The van der Waals surface area contributed by atoms with Gasteiger partial charge in [0.05, 0.1) is 0 Å². The molecule has 0 aliphatic heterocycles. The largest absolute Gasteiger partial charge is 0.352 e. The Kier molecular flexibility index (Phi) is 8.04. The minimum Gasteiger partial charge on any atom is -0.352 e. The van der Waals surface area contributed by atoms with Crippen molar-refractivity contribution in [2.24, 2.45) is 5.73 Å². The number of rotatable bonds is 5. The fourth-order valence-corrected chi connectivity index (χ4v) is 1.67. The van der Waals surface area contributed by atoms with Crippen molar-refractivity contribution in [3.8, 4) is 0 Å². The Labute approximate surface area is 113 Å². The Balaban J connectivity index is 0.00000256. The van der Waals surface area contributed by atoms with Crippen LogP contribution in [0, 0.1) is 0 Å². The maximum Gasteiger partial charge on any atom is 0.251 e. The van der Waals surface area contributed by atoms with E-state index in [-0.39, 0.29) is 24.4 Å². The molecule has 1 aromatic rings. The molecule has 0 aliphatic rings. The summed E-state index contributed by atoms with van der Waals surface area (Å²) in [6.07, 6.45) is 2.81. The van der Waals surface area contributed by atoms with Crippen LogP contribution in [0.15, 0.2) is 29.2 Å². The zero-order valence-corrected chi connectivity index (χ0v) is 11.7. The summed E-state index contributed by atoms with van der Waals surface area (Å²) < 4.78 is 0. The zero-order chi connectivity index (χ0) is 12.0. The van der Waals surface area contributed by atoms with Gasteiger partial charge in [-0.15, -0.1) is 24.2 Å². The average Bonchev–Trinajstić information content (AvgIpc) is 2.28. The van der Waals surface area contributed by atoms with Crippen LogP contribution in [-0.4, -0.2) is 24.7 Å². The number of amides is 1. The number of carbonyl (C=O) groups excluding carboxylic acids is 1. The molecule has 96 valence electrons. The van der Waals surface area contributed by atoms with Crippen LogP contribution < -0.4 is 11.1 Å². The van der Waals surface area contributed by atoms with Crippen molar-refractivity contribution in [1.82, 2.24) is 5.32 Å². The van der Waals surface area contributed by atoms with Crippen LogP contribution in [-0.2, 0) is 0 Å². The summed E-state index contributed by atoms with van der Waals surface area (Å²) in [5.74, 6) is -0.0340. The molecule has 3 nitrogen and oxygen atoms in total. The summed E-state index contributed by atoms with van der Waals surface area (Å²) >= 11 is 1.66. The second-order valence-electron chi connectivity index (χ2n) is 3.75. The molecule has 0 aliphatic carbocycles. The maximum atomic E-state index is 11.7. The fourth-order valence-electron chi connectivity index (χ4n) is 1.26. The van der Waals surface area contributed by atoms with Crippen molar-refractivity contribution in [3.05, 3.63) is 29.8 Å². The summed E-state index contributed by atoms with van der Waals surface area (Å²) in [7, 11) is 0. The predicted octanol–water partition coefficient (Wildman–Crippen LogP) is 2.30. The summed E-state index contributed by atoms with van der Waals surface area (Å²) in [5.41, 5.74) is 6.30. The van der Waals surface area contributed by atoms with E-state index in [2.05, 4.69) is 5.32 Å². The molecule has 0 spiro atoms. The van der Waals surface area contributed by atoms with Gasteiger partial charge >= 0.3 is 0 Å². The summed E-state index contributed by atoms with van der Waals surface area (Å²) in [5, 5.41) is 2.84. The molecule has 3 N–H and O–H groups in total. The van der Waals surface area contributed by atoms with Gasteiger partial charge in [-0.05, 0) is 43.9 Å². The number of hydrogen-bond acceptors (Lipinski definition) is 3. The van der Waals surface area contributed by atoms with E-state index in [1.165, 1.54) is 0 Å². The summed E-state index contributed by atoms with van der Waals surface area (Å²) in [4.78, 5) is 12.8. The number of nitrogens with one attached hydrogen (secondary N) is 1. The van der Waals surface area contributed by atoms with Crippen LogP contribution >= 0.6 is 24.2 Å². The van der Waals surface area contributed by atoms with Gasteiger partial charge in [0.15, 0.2) is 0 Å². The summed E-state index contributed by atoms with van der Waals surface area (Å²) in [6.45, 7) is 2.56. The van der Waals surface area contributed by atoms with E-state index in [1.807, 2.05) is 37.4 Å². The number of carbonyl (C=O) groups is 1. The first kappa shape index (κ1) is 16.3. The topological polar surface area (TPSA) is 55.1 Å². The van der Waals surface area contributed by atoms with Crippen molar-refractivity contribution < 1.29 is 4.79 Å². The minimum atomic E-state index is -0.0340. The highest BCUT2D eigenvalue weighted by molar-refractivity contribution is 7.98. The molecule has 1 unspecified atom stereocenters. The SMILES string of the molecule is CSc1ccc(C(=O)NCCC(C)N)cc1.Cl. The molecular formula is C12H19ClN2OS. The smallest absolute Gasteiger partial charge is 0.251 e. The molecule has 0 heterocycles. The van der Waals surface area contributed by atoms with Crippen molar-refractivity contribution in [2.75, 3.05) is 12.8 Å². The monoisotopic (exact) mass is 274 g/mol. The maximum absolute atomic E-state index is 11.7. The predicted molar refractivity (Wildman–Crippen MR) is 76.1 cm³/mol. The normalized spacial score (nSPS) is 11.5. The third-order valence-corrected chi connectivity index (χ3v) is 2.98. The second-order valence-corrected chi connectivity index (χ2v) is 4.63. The van der Waals surface area contributed by atoms with E-state index in [0.717, 1.165) is 11.3 Å². The molecule has 0 saturated heterocycles. The highest BCUT2D eigenvalue weighted by Crippen LogP contribution is 2.14. The lowest BCUT2D eigenvalue weighted by Gasteiger charge is -2.07. The molecule has 0 fully saturated rings. The van der Waals surface area contributed by atoms with Gasteiger partial charge in [0.25, 0.3) is 5.91 Å². The first-order valence-electron chi connectivity index (χ1n) is 5.31. The fraction of sp³-hybridized carbons (Fsp3) is 0.417. The standard InChI is InChI=1S/C12H18N2OS.ClH/c1-9(13)7-8-14-12(15)10-3-5-11(16-2)6-4-10;/h3-6,9H,7-8,13H2,1-2H3,(H,14,15);1H. The molecule has 5 heteroatoms. The van der Waals surface area contributed by atoms with Gasteiger partial charge in [-0.1, -0.05) is 0 Å². The van der Waals surface area contributed by atoms with Crippen molar-refractivity contribution in [3.63, 3.8) is 0 Å². The Bertz CT molecular complexity index is 341. The van der Waals surface area contributed by atoms with Crippen molar-refractivity contribution >= 4 is 30.1 Å². The van der Waals surface area contributed by atoms with Crippen LogP contribution in [0.5, 0.6) is 0 Å². The molecule has 1 atom stereocenters. The first-order chi connectivity index (χ1) is 7.63. The number of benzene rings is 1. The van der Waals surface area contributed by atoms with E-state index in [9.17, 15) is 4.79 Å². The highest BCUT2D eigenvalue weighted by atomic mass is 35.5. The molecular weight excluding hydrogens is 256 g/mol. The molecule has 0 aromatic heterocycles. The van der Waals surface area contributed by atoms with E-state index < -0.39 is 0 Å². The van der Waals surface area contributed by atoms with E-state index in [4.69, 9.17) is 5.73 Å². The van der Waals surface area contributed by atoms with Gasteiger partial charge in [0.1, 0.15) is 0 Å². The highest BCUT2D eigenvalue weighted by Gasteiger charge is 2.04. The van der Waals surface area contributed by atoms with Gasteiger partial charge in [-0.25, -0.2) is 0 Å². The first-order valence-corrected chi connectivity index (χ1v) is 6.54. The van der Waals surface area contributed by atoms with Gasteiger partial charge in [0.2, 0.25) is 0 Å². The number of halogens is 1. The number of nitrogens with two attached hydrogens (primary N) is 1. The van der Waals surface area contributed by atoms with E-state index in [0.29, 0.717) is 12.1 Å². The Morgan fingerprint density at radius 1 is 1.41 bits per heavy atom. The minimum absolute atomic E-state index is 0. The van der Waals surface area contributed by atoms with Gasteiger partial charge in [0, 0.05) is 23.0 Å². The second kappa shape index (κ2) is 8.39. The summed E-state index contributed by atoms with van der Waals surface area (Å²) in [6, 6.07) is 7.70. The van der Waals surface area contributed by atoms with Crippen LogP contribution in [0.25, 0.3) is 0 Å². The van der Waals surface area contributed by atoms with Gasteiger partial charge in [-0.3, -0.25) is 4.79 Å². The third-order valence-electron chi connectivity index (χ3n) is 2.24. The van der Waals surface area contributed by atoms with Crippen LogP contribution in [0.4, 0.5) is 0 Å². The Hall–Kier alpha value is -0.710. The lowest BCUT2D eigenvalue weighted by Crippen LogP contribution is -2.28. The molecule has 0 radical (unpaired) electrons.